The van der Waals surface area contributed by atoms with Crippen LogP contribution in [0.5, 0.6) is 5.75 Å². The van der Waals surface area contributed by atoms with Crippen molar-refractivity contribution >= 4 is 40.5 Å². The molecule has 1 saturated heterocycles. The second-order valence-corrected chi connectivity index (χ2v) is 8.46. The number of halogens is 2. The van der Waals surface area contributed by atoms with E-state index in [1.54, 1.807) is 24.0 Å². The van der Waals surface area contributed by atoms with Crippen molar-refractivity contribution in [3.8, 4) is 23.4 Å². The third kappa shape index (κ3) is 7.54. The molecule has 2 amide bonds. The molecular weight excluding hydrogens is 519 g/mol. The van der Waals surface area contributed by atoms with Crippen molar-refractivity contribution in [1.29, 1.82) is 0 Å². The van der Waals surface area contributed by atoms with E-state index in [0.29, 0.717) is 50.1 Å². The molecule has 0 spiro atoms. The molecule has 38 heavy (non-hydrogen) atoms. The lowest BCUT2D eigenvalue weighted by atomic mass is 10.2. The lowest BCUT2D eigenvalue weighted by Crippen LogP contribution is -2.36. The molecule has 2 heterocycles. The topological polar surface area (TPSA) is 124 Å². The Kier molecular flexibility index (Phi) is 9.79. The van der Waals surface area contributed by atoms with Crippen molar-refractivity contribution < 1.29 is 33.7 Å². The van der Waals surface area contributed by atoms with Crippen LogP contribution in [0.4, 0.5) is 9.18 Å². The minimum Gasteiger partial charge on any atom is -0.489 e. The number of hydrogen-bond donors (Lipinski definition) is 3. The molecule has 12 heteroatoms. The molecule has 200 valence electrons. The van der Waals surface area contributed by atoms with Crippen LogP contribution in [0.2, 0.25) is 5.02 Å². The molecule has 0 atom stereocenters. The molecule has 3 aromatic rings. The SMILES string of the molecule is CC#CN(CCOc1cn(-c2ccc(F)cc2)c2ccc(Cl)cc12)CCN1CCNC1=O.O=C(O)C(=O)O. The number of carbonyl (C=O) groups excluding carboxylic acids is 1. The zero-order chi connectivity index (χ0) is 27.7. The number of nitrogens with zero attached hydrogens (tertiary/aromatic N) is 3. The zero-order valence-corrected chi connectivity index (χ0v) is 21.2. The van der Waals surface area contributed by atoms with Gasteiger partial charge in [-0.15, -0.1) is 0 Å². The maximum Gasteiger partial charge on any atom is 0.414 e. The second-order valence-electron chi connectivity index (χ2n) is 8.03. The van der Waals surface area contributed by atoms with E-state index in [2.05, 4.69) is 17.3 Å². The number of carbonyl (C=O) groups is 3. The first-order valence-electron chi connectivity index (χ1n) is 11.5. The summed E-state index contributed by atoms with van der Waals surface area (Å²) in [5, 5.41) is 19.1. The minimum atomic E-state index is -1.82. The summed E-state index contributed by atoms with van der Waals surface area (Å²) in [6.45, 7) is 5.43. The number of ether oxygens (including phenoxy) is 1. The van der Waals surface area contributed by atoms with Gasteiger partial charge in [0.2, 0.25) is 0 Å². The van der Waals surface area contributed by atoms with Gasteiger partial charge in [0.15, 0.2) is 0 Å². The molecule has 1 fully saturated rings. The fraction of sp³-hybridized carbons (Fsp3) is 0.269. The molecule has 0 radical (unpaired) electrons. The number of fused-ring (bicyclic) bond motifs is 1. The quantitative estimate of drug-likeness (QED) is 0.226. The van der Waals surface area contributed by atoms with Crippen LogP contribution < -0.4 is 10.1 Å². The number of carboxylic acids is 2. The number of carboxylic acid groups (broad SMARTS) is 2. The van der Waals surface area contributed by atoms with E-state index in [4.69, 9.17) is 36.1 Å². The van der Waals surface area contributed by atoms with Crippen LogP contribution in [-0.4, -0.2) is 81.9 Å². The zero-order valence-electron chi connectivity index (χ0n) is 20.5. The Morgan fingerprint density at radius 2 is 1.87 bits per heavy atom. The Hall–Kier alpha value is -4.43. The predicted molar refractivity (Wildman–Crippen MR) is 139 cm³/mol. The van der Waals surface area contributed by atoms with Crippen molar-refractivity contribution in [1.82, 2.24) is 19.7 Å². The van der Waals surface area contributed by atoms with Crippen LogP contribution in [0.25, 0.3) is 16.6 Å². The molecule has 2 aromatic carbocycles. The Labute approximate surface area is 223 Å². The van der Waals surface area contributed by atoms with Gasteiger partial charge in [-0.3, -0.25) is 0 Å². The standard InChI is InChI=1S/C24H24ClFN4O2.C2H2O4/c1-2-10-28(12-13-29-11-9-27-24(29)31)14-15-32-23-17-30(20-6-4-19(26)5-7-20)22-8-3-18(25)16-21(22)23;3-1(4)2(5)6/h3-8,16-17H,9,11-15H2,1H3,(H,27,31);(H,3,4)(H,5,6). The Bertz CT molecular complexity index is 1350. The summed E-state index contributed by atoms with van der Waals surface area (Å²) in [6.07, 6.45) is 1.89. The van der Waals surface area contributed by atoms with Crippen LogP contribution in [0.1, 0.15) is 6.92 Å². The average Bonchev–Trinajstić information content (AvgIpc) is 3.46. The van der Waals surface area contributed by atoms with E-state index in [1.807, 2.05) is 33.9 Å². The summed E-state index contributed by atoms with van der Waals surface area (Å²) >= 11 is 6.23. The fourth-order valence-electron chi connectivity index (χ4n) is 3.72. The number of rotatable bonds is 8. The van der Waals surface area contributed by atoms with Gasteiger partial charge in [-0.05, 0) is 49.4 Å². The Morgan fingerprint density at radius 1 is 1.16 bits per heavy atom. The highest BCUT2D eigenvalue weighted by molar-refractivity contribution is 6.31. The van der Waals surface area contributed by atoms with E-state index in [-0.39, 0.29) is 11.8 Å². The average molecular weight is 545 g/mol. The van der Waals surface area contributed by atoms with Gasteiger partial charge in [-0.1, -0.05) is 17.5 Å². The van der Waals surface area contributed by atoms with E-state index in [9.17, 15) is 9.18 Å². The number of amides is 2. The molecule has 1 aliphatic rings. The second kappa shape index (κ2) is 13.2. The third-order valence-corrected chi connectivity index (χ3v) is 5.73. The first kappa shape index (κ1) is 28.1. The molecular formula is C26H26ClFN4O6. The third-order valence-electron chi connectivity index (χ3n) is 5.49. The highest BCUT2D eigenvalue weighted by atomic mass is 35.5. The van der Waals surface area contributed by atoms with Crippen LogP contribution in [-0.2, 0) is 9.59 Å². The maximum atomic E-state index is 13.4. The predicted octanol–water partition coefficient (Wildman–Crippen LogP) is 3.27. The number of hydrogen-bond acceptors (Lipinski definition) is 5. The summed E-state index contributed by atoms with van der Waals surface area (Å²) in [5.41, 5.74) is 1.75. The molecule has 0 aliphatic carbocycles. The van der Waals surface area contributed by atoms with Gasteiger partial charge < -0.3 is 34.6 Å². The number of aliphatic carboxylic acids is 2. The van der Waals surface area contributed by atoms with E-state index < -0.39 is 11.9 Å². The summed E-state index contributed by atoms with van der Waals surface area (Å²) in [5.74, 6) is -0.323. The summed E-state index contributed by atoms with van der Waals surface area (Å²) in [6, 6.07) is 15.0. The lowest BCUT2D eigenvalue weighted by molar-refractivity contribution is -0.159. The summed E-state index contributed by atoms with van der Waals surface area (Å²) < 4.78 is 21.4. The van der Waals surface area contributed by atoms with Gasteiger partial charge in [0, 0.05) is 48.3 Å². The molecule has 1 aromatic heterocycles. The van der Waals surface area contributed by atoms with Crippen molar-refractivity contribution in [2.24, 2.45) is 0 Å². The van der Waals surface area contributed by atoms with Crippen molar-refractivity contribution in [3.63, 3.8) is 0 Å². The number of aromatic nitrogens is 1. The molecule has 10 nitrogen and oxygen atoms in total. The highest BCUT2D eigenvalue weighted by Gasteiger charge is 2.19. The van der Waals surface area contributed by atoms with Crippen molar-refractivity contribution in [2.45, 2.75) is 6.92 Å². The first-order valence-corrected chi connectivity index (χ1v) is 11.9. The normalized spacial score (nSPS) is 12.2. The summed E-state index contributed by atoms with van der Waals surface area (Å²) in [4.78, 5) is 33.7. The maximum absolute atomic E-state index is 13.4. The molecule has 0 unspecified atom stereocenters. The highest BCUT2D eigenvalue weighted by Crippen LogP contribution is 2.32. The summed E-state index contributed by atoms with van der Waals surface area (Å²) in [7, 11) is 0. The first-order chi connectivity index (χ1) is 18.2. The smallest absolute Gasteiger partial charge is 0.414 e. The number of urea groups is 1. The minimum absolute atomic E-state index is 0.0314. The van der Waals surface area contributed by atoms with Gasteiger partial charge in [0.25, 0.3) is 0 Å². The molecule has 0 saturated carbocycles. The van der Waals surface area contributed by atoms with Gasteiger partial charge in [0.05, 0.1) is 18.3 Å². The van der Waals surface area contributed by atoms with E-state index in [0.717, 1.165) is 16.6 Å². The largest absolute Gasteiger partial charge is 0.489 e. The van der Waals surface area contributed by atoms with Gasteiger partial charge in [-0.2, -0.15) is 0 Å². The van der Waals surface area contributed by atoms with Crippen LogP contribution in [0.3, 0.4) is 0 Å². The van der Waals surface area contributed by atoms with Gasteiger partial charge >= 0.3 is 18.0 Å². The fourth-order valence-corrected chi connectivity index (χ4v) is 3.89. The van der Waals surface area contributed by atoms with Crippen LogP contribution >= 0.6 is 11.6 Å². The lowest BCUT2D eigenvalue weighted by Gasteiger charge is -2.21. The van der Waals surface area contributed by atoms with Crippen LogP contribution in [0, 0.1) is 17.8 Å². The van der Waals surface area contributed by atoms with Crippen LogP contribution in [0.15, 0.2) is 48.7 Å². The molecule has 0 bridgehead atoms. The molecule has 4 rings (SSSR count). The monoisotopic (exact) mass is 544 g/mol. The Morgan fingerprint density at radius 3 is 2.47 bits per heavy atom. The van der Waals surface area contributed by atoms with E-state index >= 15 is 0 Å². The van der Waals surface area contributed by atoms with Crippen molar-refractivity contribution in [3.05, 3.63) is 59.5 Å². The van der Waals surface area contributed by atoms with Gasteiger partial charge in [0.1, 0.15) is 18.2 Å². The van der Waals surface area contributed by atoms with Gasteiger partial charge in [-0.25, -0.2) is 18.8 Å². The molecule has 1 aliphatic heterocycles. The van der Waals surface area contributed by atoms with Crippen molar-refractivity contribution in [2.75, 3.05) is 39.3 Å². The Balaban J connectivity index is 0.000000599. The number of benzene rings is 2. The van der Waals surface area contributed by atoms with E-state index in [1.165, 1.54) is 12.1 Å². The number of nitrogens with one attached hydrogen (secondary N) is 1. The molecule has 3 N–H and O–H groups in total.